The van der Waals surface area contributed by atoms with Crippen molar-refractivity contribution in [3.8, 4) is 0 Å². The van der Waals surface area contributed by atoms with E-state index in [0.717, 1.165) is 24.6 Å². The van der Waals surface area contributed by atoms with Crippen LogP contribution in [0.3, 0.4) is 0 Å². The second-order valence-corrected chi connectivity index (χ2v) is 3.57. The molecule has 0 saturated carbocycles. The maximum Gasteiger partial charge on any atom is 0.213 e. The number of aliphatic imine (C=N–C) groups is 2. The fourth-order valence-corrected chi connectivity index (χ4v) is 1.46. The first-order chi connectivity index (χ1) is 7.66. The number of imidazole rings is 1. The van der Waals surface area contributed by atoms with Gasteiger partial charge in [0.25, 0.3) is 0 Å². The minimum Gasteiger partial charge on any atom is -0.368 e. The minimum absolute atomic E-state index is 0.312. The zero-order chi connectivity index (χ0) is 11.5. The normalized spacial score (nSPS) is 16.0. The zero-order valence-corrected chi connectivity index (χ0v) is 9.17. The van der Waals surface area contributed by atoms with E-state index in [-0.39, 0.29) is 0 Å². The molecule has 0 aromatic carbocycles. The Morgan fingerprint density at radius 1 is 1.50 bits per heavy atom. The smallest absolute Gasteiger partial charge is 0.213 e. The highest BCUT2D eigenvalue weighted by Gasteiger charge is 2.10. The Hall–Kier alpha value is -1.89. The molecule has 4 N–H and O–H groups in total. The van der Waals surface area contributed by atoms with Gasteiger partial charge >= 0.3 is 0 Å². The average Bonchev–Trinajstić information content (AvgIpc) is 2.66. The van der Waals surface area contributed by atoms with Gasteiger partial charge in [0.15, 0.2) is 0 Å². The molecule has 0 bridgehead atoms. The Kier molecular flexibility index (Phi) is 2.86. The second-order valence-electron chi connectivity index (χ2n) is 3.57. The lowest BCUT2D eigenvalue weighted by Gasteiger charge is -2.19. The van der Waals surface area contributed by atoms with Crippen molar-refractivity contribution in [3.63, 3.8) is 0 Å². The van der Waals surface area contributed by atoms with Gasteiger partial charge in [-0.2, -0.15) is 4.99 Å². The number of aromatic nitrogens is 2. The van der Waals surface area contributed by atoms with Gasteiger partial charge in [-0.25, -0.2) is 15.8 Å². The summed E-state index contributed by atoms with van der Waals surface area (Å²) in [6.07, 6.45) is 4.43. The zero-order valence-electron chi connectivity index (χ0n) is 9.17. The molecule has 16 heavy (non-hydrogen) atoms. The summed E-state index contributed by atoms with van der Waals surface area (Å²) in [7, 11) is 0. The van der Waals surface area contributed by atoms with Gasteiger partial charge in [-0.05, 0) is 6.92 Å². The largest absolute Gasteiger partial charge is 0.368 e. The summed E-state index contributed by atoms with van der Waals surface area (Å²) in [5.74, 6) is 7.53. The van der Waals surface area contributed by atoms with Crippen LogP contribution in [0.5, 0.6) is 0 Å². The number of rotatable bonds is 3. The molecule has 0 atom stereocenters. The molecule has 0 spiro atoms. The molecule has 0 saturated heterocycles. The van der Waals surface area contributed by atoms with Crippen LogP contribution in [0.4, 0.5) is 0 Å². The molecule has 1 aromatic rings. The number of hydrogen-bond acceptors (Lipinski definition) is 6. The lowest BCUT2D eigenvalue weighted by molar-refractivity contribution is 0.443. The van der Waals surface area contributed by atoms with Gasteiger partial charge < -0.3 is 10.3 Å². The third-order valence-corrected chi connectivity index (χ3v) is 2.44. The predicted octanol–water partition coefficient (Wildman–Crippen LogP) is -0.558. The predicted molar refractivity (Wildman–Crippen MR) is 61.5 cm³/mol. The summed E-state index contributed by atoms with van der Waals surface area (Å²) in [6.45, 7) is 3.13. The van der Waals surface area contributed by atoms with Crippen molar-refractivity contribution < 1.29 is 0 Å². The van der Waals surface area contributed by atoms with Crippen LogP contribution in [-0.2, 0) is 6.54 Å². The van der Waals surface area contributed by atoms with E-state index in [4.69, 9.17) is 11.6 Å². The van der Waals surface area contributed by atoms with Crippen LogP contribution >= 0.6 is 0 Å². The lowest BCUT2D eigenvalue weighted by Crippen LogP contribution is -2.45. The Balaban J connectivity index is 1.95. The molecule has 2 heterocycles. The number of hydrogen-bond donors (Lipinski definition) is 2. The molecule has 2 rings (SSSR count). The third kappa shape index (κ3) is 2.19. The van der Waals surface area contributed by atoms with Crippen molar-refractivity contribution in [2.24, 2.45) is 21.6 Å². The summed E-state index contributed by atoms with van der Waals surface area (Å²) in [4.78, 5) is 12.5. The topological polar surface area (TPSA) is 97.8 Å². The highest BCUT2D eigenvalue weighted by atomic mass is 15.5. The Morgan fingerprint density at radius 3 is 2.94 bits per heavy atom. The highest BCUT2D eigenvalue weighted by Crippen LogP contribution is 2.02. The molecule has 0 aliphatic carbocycles. The van der Waals surface area contributed by atoms with Crippen LogP contribution in [0.15, 0.2) is 22.4 Å². The van der Waals surface area contributed by atoms with Crippen molar-refractivity contribution in [2.45, 2.75) is 19.9 Å². The van der Waals surface area contributed by atoms with E-state index in [1.165, 1.54) is 5.01 Å². The van der Waals surface area contributed by atoms with Gasteiger partial charge in [0.1, 0.15) is 18.3 Å². The summed E-state index contributed by atoms with van der Waals surface area (Å²) >= 11 is 0. The van der Waals surface area contributed by atoms with Crippen molar-refractivity contribution in [1.82, 2.24) is 14.6 Å². The van der Waals surface area contributed by atoms with Gasteiger partial charge in [0.05, 0.1) is 0 Å². The van der Waals surface area contributed by atoms with Gasteiger partial charge in [-0.15, -0.1) is 0 Å². The van der Waals surface area contributed by atoms with Crippen molar-refractivity contribution in [1.29, 1.82) is 0 Å². The first-order valence-corrected chi connectivity index (χ1v) is 5.04. The van der Waals surface area contributed by atoms with E-state index in [0.29, 0.717) is 12.6 Å². The van der Waals surface area contributed by atoms with E-state index in [1.54, 1.807) is 6.20 Å². The first kappa shape index (κ1) is 10.6. The molecule has 1 aromatic heterocycles. The van der Waals surface area contributed by atoms with Crippen LogP contribution in [0.2, 0.25) is 0 Å². The summed E-state index contributed by atoms with van der Waals surface area (Å²) in [6, 6.07) is 0. The number of guanidine groups is 1. The first-order valence-electron chi connectivity index (χ1n) is 5.04. The molecule has 0 radical (unpaired) electrons. The molecule has 0 unspecified atom stereocenters. The van der Waals surface area contributed by atoms with Crippen molar-refractivity contribution >= 4 is 11.8 Å². The van der Waals surface area contributed by atoms with Crippen LogP contribution in [0.1, 0.15) is 12.2 Å². The molecular weight excluding hydrogens is 206 g/mol. The van der Waals surface area contributed by atoms with Gasteiger partial charge in [0, 0.05) is 25.4 Å². The molecule has 0 fully saturated rings. The SMILES string of the molecule is Cc1nccn1CCC1=NCN(N)C(N)=N1. The summed E-state index contributed by atoms with van der Waals surface area (Å²) in [5, 5.41) is 1.31. The fraction of sp³-hybridized carbons (Fsp3) is 0.444. The van der Waals surface area contributed by atoms with Crippen molar-refractivity contribution in [2.75, 3.05) is 6.67 Å². The van der Waals surface area contributed by atoms with E-state index in [1.807, 2.05) is 17.7 Å². The van der Waals surface area contributed by atoms with Crippen LogP contribution < -0.4 is 11.6 Å². The fourth-order valence-electron chi connectivity index (χ4n) is 1.46. The van der Waals surface area contributed by atoms with Crippen LogP contribution in [-0.4, -0.2) is 33.0 Å². The summed E-state index contributed by atoms with van der Waals surface area (Å²) < 4.78 is 2.04. The number of aryl methyl sites for hydroxylation is 2. The molecule has 1 aliphatic rings. The number of nitrogens with two attached hydrogens (primary N) is 2. The molecule has 0 amide bonds. The maximum absolute atomic E-state index is 5.60. The van der Waals surface area contributed by atoms with Crippen molar-refractivity contribution in [3.05, 3.63) is 18.2 Å². The monoisotopic (exact) mass is 221 g/mol. The van der Waals surface area contributed by atoms with Crippen LogP contribution in [0, 0.1) is 6.92 Å². The third-order valence-electron chi connectivity index (χ3n) is 2.44. The van der Waals surface area contributed by atoms with E-state index in [2.05, 4.69) is 15.0 Å². The molecule has 7 heteroatoms. The van der Waals surface area contributed by atoms with Gasteiger partial charge in [0.2, 0.25) is 5.96 Å². The number of nitrogens with zero attached hydrogens (tertiary/aromatic N) is 5. The standard InChI is InChI=1S/C9H15N7/c1-7-12-3-5-15(7)4-2-8-13-6-16(11)9(10)14-8/h3,5H,2,4,6,11H2,1H3,(H2,10,13,14). The van der Waals surface area contributed by atoms with Gasteiger partial charge in [-0.3, -0.25) is 5.01 Å². The molecule has 7 nitrogen and oxygen atoms in total. The van der Waals surface area contributed by atoms with E-state index < -0.39 is 0 Å². The van der Waals surface area contributed by atoms with E-state index >= 15 is 0 Å². The number of amidine groups is 1. The van der Waals surface area contributed by atoms with E-state index in [9.17, 15) is 0 Å². The average molecular weight is 221 g/mol. The Labute approximate surface area is 93.5 Å². The number of hydrazine groups is 1. The van der Waals surface area contributed by atoms with Gasteiger partial charge in [-0.1, -0.05) is 0 Å². The minimum atomic E-state index is 0.312. The quantitative estimate of drug-likeness (QED) is 0.668. The summed E-state index contributed by atoms with van der Waals surface area (Å²) in [5.41, 5.74) is 5.60. The highest BCUT2D eigenvalue weighted by molar-refractivity contribution is 5.96. The second kappa shape index (κ2) is 4.31. The maximum atomic E-state index is 5.60. The van der Waals surface area contributed by atoms with Crippen LogP contribution in [0.25, 0.3) is 0 Å². The Morgan fingerprint density at radius 2 is 2.31 bits per heavy atom. The molecular formula is C9H15N7. The molecule has 86 valence electrons. The molecule has 1 aliphatic heterocycles. The Bertz CT molecular complexity index is 431. The lowest BCUT2D eigenvalue weighted by atomic mass is 10.3.